The van der Waals surface area contributed by atoms with Crippen molar-refractivity contribution in [1.29, 1.82) is 0 Å². The molecule has 0 heterocycles. The van der Waals surface area contributed by atoms with Gasteiger partial charge in [0.25, 0.3) is 10.1 Å². The van der Waals surface area contributed by atoms with Crippen LogP contribution in [0, 0.1) is 0 Å². The molecule has 0 amide bonds. The zero-order valence-electron chi connectivity index (χ0n) is 8.08. The molecule has 5 nitrogen and oxygen atoms in total. The first-order valence-corrected chi connectivity index (χ1v) is 5.86. The summed E-state index contributed by atoms with van der Waals surface area (Å²) in [4.78, 5) is -0.171. The Hall–Kier alpha value is -1.63. The van der Waals surface area contributed by atoms with E-state index in [0.717, 1.165) is 5.39 Å². The van der Waals surface area contributed by atoms with Crippen LogP contribution in [-0.4, -0.2) is 18.2 Å². The Bertz CT molecular complexity index is 636. The minimum atomic E-state index is -4.20. The highest BCUT2D eigenvalue weighted by Gasteiger charge is 2.09. The first-order chi connectivity index (χ1) is 7.50. The molecule has 0 spiro atoms. The van der Waals surface area contributed by atoms with Crippen molar-refractivity contribution in [2.45, 2.75) is 4.90 Å². The first-order valence-electron chi connectivity index (χ1n) is 4.42. The van der Waals surface area contributed by atoms with Crippen molar-refractivity contribution in [3.8, 4) is 0 Å². The quantitative estimate of drug-likeness (QED) is 0.550. The zero-order valence-corrected chi connectivity index (χ0v) is 8.90. The first kappa shape index (κ1) is 10.9. The molecule has 0 aliphatic carbocycles. The Morgan fingerprint density at radius 3 is 2.31 bits per heavy atom. The number of hydrogen-bond acceptors (Lipinski definition) is 4. The van der Waals surface area contributed by atoms with Crippen molar-refractivity contribution in [1.82, 2.24) is 0 Å². The highest BCUT2D eigenvalue weighted by Crippen LogP contribution is 2.22. The molecular weight excluding hydrogens is 230 g/mol. The summed E-state index contributed by atoms with van der Waals surface area (Å²) in [6.45, 7) is 0. The van der Waals surface area contributed by atoms with Gasteiger partial charge in [0.05, 0.1) is 10.6 Å². The Morgan fingerprint density at radius 1 is 1.00 bits per heavy atom. The van der Waals surface area contributed by atoms with Crippen LogP contribution >= 0.6 is 0 Å². The summed E-state index contributed by atoms with van der Waals surface area (Å²) >= 11 is 0. The third-order valence-corrected chi connectivity index (χ3v) is 3.09. The molecule has 3 N–H and O–H groups in total. The second kappa shape index (κ2) is 3.75. The predicted molar refractivity (Wildman–Crippen MR) is 59.2 cm³/mol. The van der Waals surface area contributed by atoms with Crippen molar-refractivity contribution in [2.75, 3.05) is 5.48 Å². The lowest BCUT2D eigenvalue weighted by Gasteiger charge is -2.03. The fourth-order valence-corrected chi connectivity index (χ4v) is 1.97. The van der Waals surface area contributed by atoms with E-state index in [2.05, 4.69) is 0 Å². The van der Waals surface area contributed by atoms with Gasteiger partial charge in [-0.05, 0) is 35.0 Å². The molecule has 0 unspecified atom stereocenters. The van der Waals surface area contributed by atoms with E-state index in [-0.39, 0.29) is 4.90 Å². The average Bonchev–Trinajstić information content (AvgIpc) is 2.26. The molecule has 0 bridgehead atoms. The smallest absolute Gasteiger partial charge is 0.291 e. The third-order valence-electron chi connectivity index (χ3n) is 2.24. The fraction of sp³-hybridized carbons (Fsp3) is 0. The molecule has 2 aromatic carbocycles. The number of nitrogens with one attached hydrogen (secondary N) is 1. The summed E-state index contributed by atoms with van der Waals surface area (Å²) in [7, 11) is -4.20. The van der Waals surface area contributed by atoms with Crippen LogP contribution in [0.3, 0.4) is 0 Å². The second-order valence-electron chi connectivity index (χ2n) is 3.31. The largest absolute Gasteiger partial charge is 0.294 e. The van der Waals surface area contributed by atoms with E-state index in [0.29, 0.717) is 11.1 Å². The number of fused-ring (bicyclic) bond motifs is 1. The van der Waals surface area contributed by atoms with Crippen molar-refractivity contribution >= 4 is 26.6 Å². The van der Waals surface area contributed by atoms with Gasteiger partial charge in [0.1, 0.15) is 0 Å². The number of anilines is 1. The predicted octanol–water partition coefficient (Wildman–Crippen LogP) is 1.89. The summed E-state index contributed by atoms with van der Waals surface area (Å²) in [6.07, 6.45) is 0. The molecule has 0 fully saturated rings. The van der Waals surface area contributed by atoms with E-state index in [1.807, 2.05) is 5.48 Å². The normalized spacial score (nSPS) is 11.6. The van der Waals surface area contributed by atoms with Crippen molar-refractivity contribution in [3.63, 3.8) is 0 Å². The fourth-order valence-electron chi connectivity index (χ4n) is 1.45. The maximum atomic E-state index is 10.9. The Kier molecular flexibility index (Phi) is 2.55. The van der Waals surface area contributed by atoms with Gasteiger partial charge >= 0.3 is 0 Å². The Morgan fingerprint density at radius 2 is 1.69 bits per heavy atom. The molecule has 0 aliphatic heterocycles. The van der Waals surface area contributed by atoms with Crippen LogP contribution in [0.25, 0.3) is 10.8 Å². The number of benzene rings is 2. The second-order valence-corrected chi connectivity index (χ2v) is 4.73. The molecule has 2 rings (SSSR count). The summed E-state index contributed by atoms with van der Waals surface area (Å²) < 4.78 is 30.7. The summed E-state index contributed by atoms with van der Waals surface area (Å²) in [5.74, 6) is 0. The summed E-state index contributed by atoms with van der Waals surface area (Å²) in [5.41, 5.74) is 2.41. The minimum Gasteiger partial charge on any atom is -0.291 e. The number of hydrogen-bond donors (Lipinski definition) is 3. The molecule has 0 saturated carbocycles. The van der Waals surface area contributed by atoms with Crippen molar-refractivity contribution < 1.29 is 18.2 Å². The lowest BCUT2D eigenvalue weighted by molar-refractivity contribution is 0.389. The Labute approximate surface area is 92.0 Å². The maximum Gasteiger partial charge on any atom is 0.294 e. The van der Waals surface area contributed by atoms with E-state index in [1.165, 1.54) is 12.1 Å². The molecule has 16 heavy (non-hydrogen) atoms. The molecule has 0 radical (unpaired) electrons. The van der Waals surface area contributed by atoms with E-state index in [9.17, 15) is 8.42 Å². The van der Waals surface area contributed by atoms with E-state index in [1.54, 1.807) is 24.3 Å². The van der Waals surface area contributed by atoms with Crippen LogP contribution in [0.1, 0.15) is 0 Å². The average molecular weight is 239 g/mol. The van der Waals surface area contributed by atoms with Gasteiger partial charge in [-0.3, -0.25) is 15.2 Å². The number of rotatable bonds is 2. The standard InChI is InChI=1S/C10H9NO4S/c12-11-9-3-1-7-2-4-10(16(13,14)15)6-8(7)5-9/h1-6,11-12H,(H,13,14,15). The lowest BCUT2D eigenvalue weighted by atomic mass is 10.1. The van der Waals surface area contributed by atoms with Crippen molar-refractivity contribution in [2.24, 2.45) is 0 Å². The van der Waals surface area contributed by atoms with Crippen LogP contribution in [0.2, 0.25) is 0 Å². The molecule has 0 aliphatic rings. The highest BCUT2D eigenvalue weighted by molar-refractivity contribution is 7.85. The molecule has 6 heteroatoms. The van der Waals surface area contributed by atoms with E-state index in [4.69, 9.17) is 9.76 Å². The van der Waals surface area contributed by atoms with Crippen molar-refractivity contribution in [3.05, 3.63) is 36.4 Å². The Balaban J connectivity index is 2.69. The van der Waals surface area contributed by atoms with E-state index < -0.39 is 10.1 Å². The van der Waals surface area contributed by atoms with Gasteiger partial charge in [-0.2, -0.15) is 8.42 Å². The van der Waals surface area contributed by atoms with Gasteiger partial charge in [-0.1, -0.05) is 12.1 Å². The summed E-state index contributed by atoms with van der Waals surface area (Å²) in [5, 5.41) is 10.1. The van der Waals surface area contributed by atoms with Gasteiger partial charge in [-0.15, -0.1) is 0 Å². The van der Waals surface area contributed by atoms with Crippen LogP contribution in [0.4, 0.5) is 5.69 Å². The van der Waals surface area contributed by atoms with Crippen LogP contribution in [0.15, 0.2) is 41.3 Å². The van der Waals surface area contributed by atoms with Crippen LogP contribution in [0.5, 0.6) is 0 Å². The third kappa shape index (κ3) is 1.99. The lowest BCUT2D eigenvalue weighted by Crippen LogP contribution is -1.97. The molecule has 0 saturated heterocycles. The van der Waals surface area contributed by atoms with E-state index >= 15 is 0 Å². The molecule has 2 aromatic rings. The van der Waals surface area contributed by atoms with Gasteiger partial charge in [0.15, 0.2) is 0 Å². The molecule has 0 atom stereocenters. The van der Waals surface area contributed by atoms with Crippen LogP contribution < -0.4 is 5.48 Å². The maximum absolute atomic E-state index is 10.9. The zero-order chi connectivity index (χ0) is 11.8. The molecule has 0 aromatic heterocycles. The van der Waals surface area contributed by atoms with Crippen LogP contribution in [-0.2, 0) is 10.1 Å². The minimum absolute atomic E-state index is 0.171. The highest BCUT2D eigenvalue weighted by atomic mass is 32.2. The van der Waals surface area contributed by atoms with Gasteiger partial charge in [0, 0.05) is 0 Å². The monoisotopic (exact) mass is 239 g/mol. The summed E-state index contributed by atoms with van der Waals surface area (Å²) in [6, 6.07) is 9.19. The molecule has 84 valence electrons. The van der Waals surface area contributed by atoms with Gasteiger partial charge in [0.2, 0.25) is 0 Å². The van der Waals surface area contributed by atoms with Gasteiger partial charge < -0.3 is 0 Å². The topological polar surface area (TPSA) is 86.6 Å². The van der Waals surface area contributed by atoms with Gasteiger partial charge in [-0.25, -0.2) is 0 Å². The SMILES string of the molecule is O=S(=O)(O)c1ccc2ccc(NO)cc2c1. The molecular formula is C10H9NO4S.